The lowest BCUT2D eigenvalue weighted by atomic mass is 10.1. The maximum Gasteiger partial charge on any atom is 0.316 e. The monoisotopic (exact) mass is 500 g/mol. The number of nitrogens with zero attached hydrogens (tertiary/aromatic N) is 4. The smallest absolute Gasteiger partial charge is 0.316 e. The number of amides is 1. The molecule has 0 saturated heterocycles. The predicted molar refractivity (Wildman–Crippen MR) is 130 cm³/mol. The molecule has 34 heavy (non-hydrogen) atoms. The Bertz CT molecular complexity index is 1020. The number of H-pyrrole nitrogens is 1. The van der Waals surface area contributed by atoms with Gasteiger partial charge in [0.05, 0.1) is 12.4 Å². The molecule has 2 aromatic rings. The van der Waals surface area contributed by atoms with Crippen LogP contribution < -0.4 is 10.9 Å². The molecule has 4 N–H and O–H groups in total. The molecule has 0 spiro atoms. The number of nitrogens with one attached hydrogen (secondary N) is 2. The quantitative estimate of drug-likeness (QED) is 0.376. The van der Waals surface area contributed by atoms with Gasteiger partial charge in [0.1, 0.15) is 0 Å². The Kier molecular flexibility index (Phi) is 10.8. The largest absolute Gasteiger partial charge is 0.396 e. The first-order valence-corrected chi connectivity index (χ1v) is 12.9. The zero-order valence-corrected chi connectivity index (χ0v) is 21.4. The summed E-state index contributed by atoms with van der Waals surface area (Å²) in [5.41, 5.74) is -0.0716. The van der Waals surface area contributed by atoms with E-state index in [1.807, 2.05) is 0 Å². The summed E-state index contributed by atoms with van der Waals surface area (Å²) < 4.78 is 17.8. The van der Waals surface area contributed by atoms with E-state index in [0.29, 0.717) is 12.8 Å². The number of hydrogen-bond acceptors (Lipinski definition) is 8. The molecule has 1 saturated carbocycles. The normalized spacial score (nSPS) is 21.0. The molecule has 13 heteroatoms. The van der Waals surface area contributed by atoms with Crippen LogP contribution in [0.5, 0.6) is 0 Å². The van der Waals surface area contributed by atoms with Gasteiger partial charge in [0.15, 0.2) is 11.2 Å². The van der Waals surface area contributed by atoms with Gasteiger partial charge < -0.3 is 24.0 Å². The lowest BCUT2D eigenvalue weighted by molar-refractivity contribution is -0.118. The summed E-state index contributed by atoms with van der Waals surface area (Å²) in [6.45, 7) is 13.4. The molecule has 3 rings (SSSR count). The molecular weight excluding hydrogens is 463 g/mol. The number of fused-ring (bicyclic) bond motifs is 1. The highest BCUT2D eigenvalue weighted by molar-refractivity contribution is 7.32. The minimum Gasteiger partial charge on any atom is -0.396 e. The Morgan fingerprint density at radius 1 is 1.32 bits per heavy atom. The molecule has 0 aliphatic heterocycles. The third-order valence-corrected chi connectivity index (χ3v) is 6.53. The van der Waals surface area contributed by atoms with E-state index in [9.17, 15) is 19.3 Å². The Labute approximate surface area is 199 Å². The topological polar surface area (TPSA) is 163 Å². The van der Waals surface area contributed by atoms with E-state index in [1.54, 1.807) is 18.4 Å². The fourth-order valence-electron chi connectivity index (χ4n) is 3.94. The fourth-order valence-corrected chi connectivity index (χ4v) is 4.48. The van der Waals surface area contributed by atoms with Crippen LogP contribution in [0.25, 0.3) is 11.2 Å². The zero-order chi connectivity index (χ0) is 25.4. The second kappa shape index (κ2) is 13.1. The molecule has 2 heterocycles. The van der Waals surface area contributed by atoms with Gasteiger partial charge >= 0.3 is 8.25 Å². The lowest BCUT2D eigenvalue weighted by Crippen LogP contribution is -2.22. The summed E-state index contributed by atoms with van der Waals surface area (Å²) in [4.78, 5) is 46.4. The predicted octanol–water partition coefficient (Wildman–Crippen LogP) is 1.77. The molecule has 192 valence electrons. The molecule has 1 aliphatic carbocycles. The number of aliphatic hydroxyl groups excluding tert-OH is 1. The molecule has 1 unspecified atom stereocenters. The summed E-state index contributed by atoms with van der Waals surface area (Å²) in [6.07, 6.45) is 1.74. The standard InChI is InChI=1S/C15H22N5O6P.C6H15N/c1-7(2)13(22)18-15-17-12-11(14(23)19-15)16-6-20(12)9-3-8(5-21)10(4-9)26-27(24)25;1-4-7(5-2)6-3/h6-10,21,27H,3-5H2,1-2H3,(H,24,25)(H2,17,18,19,22,23);4-6H2,1-3H3/t8-,9-,10+;/m1./s1. The molecule has 1 fully saturated rings. The maximum atomic E-state index is 12.3. The zero-order valence-electron chi connectivity index (χ0n) is 20.4. The Morgan fingerprint density at radius 3 is 2.47 bits per heavy atom. The molecule has 1 aliphatic rings. The average molecular weight is 501 g/mol. The van der Waals surface area contributed by atoms with Crippen molar-refractivity contribution in [2.45, 2.75) is 59.6 Å². The summed E-state index contributed by atoms with van der Waals surface area (Å²) in [5.74, 6) is -0.852. The second-order valence-corrected chi connectivity index (χ2v) is 9.26. The number of aromatic nitrogens is 4. The van der Waals surface area contributed by atoms with Gasteiger partial charge in [-0.2, -0.15) is 4.98 Å². The molecule has 0 bridgehead atoms. The van der Waals surface area contributed by atoms with Crippen molar-refractivity contribution in [2.75, 3.05) is 31.6 Å². The van der Waals surface area contributed by atoms with Crippen LogP contribution >= 0.6 is 8.25 Å². The van der Waals surface area contributed by atoms with Gasteiger partial charge in [-0.25, -0.2) is 4.98 Å². The Hall–Kier alpha value is -2.11. The first-order chi connectivity index (χ1) is 16.1. The Morgan fingerprint density at radius 2 is 1.97 bits per heavy atom. The third-order valence-electron chi connectivity index (χ3n) is 6.03. The van der Waals surface area contributed by atoms with Crippen LogP contribution in [0.3, 0.4) is 0 Å². The number of hydrogen-bond donors (Lipinski definition) is 4. The van der Waals surface area contributed by atoms with Crippen LogP contribution in [0.1, 0.15) is 53.5 Å². The molecule has 0 aromatic carbocycles. The van der Waals surface area contributed by atoms with Crippen molar-refractivity contribution in [1.29, 1.82) is 0 Å². The van der Waals surface area contributed by atoms with Crippen molar-refractivity contribution in [2.24, 2.45) is 11.8 Å². The van der Waals surface area contributed by atoms with Gasteiger partial charge in [-0.1, -0.05) is 34.6 Å². The van der Waals surface area contributed by atoms with E-state index in [4.69, 9.17) is 9.42 Å². The summed E-state index contributed by atoms with van der Waals surface area (Å²) in [6, 6.07) is -0.221. The van der Waals surface area contributed by atoms with Gasteiger partial charge in [0, 0.05) is 24.5 Å². The minimum absolute atomic E-state index is 0.0258. The van der Waals surface area contributed by atoms with Gasteiger partial charge in [0.25, 0.3) is 5.56 Å². The van der Waals surface area contributed by atoms with Crippen molar-refractivity contribution >= 4 is 31.3 Å². The van der Waals surface area contributed by atoms with E-state index in [2.05, 4.69) is 45.9 Å². The number of carbonyl (C=O) groups is 1. The molecular formula is C21H37N6O6P. The molecule has 12 nitrogen and oxygen atoms in total. The summed E-state index contributed by atoms with van der Waals surface area (Å²) >= 11 is 0. The van der Waals surface area contributed by atoms with Gasteiger partial charge in [-0.15, -0.1) is 0 Å². The van der Waals surface area contributed by atoms with Gasteiger partial charge in [-0.05, 0) is 32.5 Å². The van der Waals surface area contributed by atoms with Crippen LogP contribution in [0.2, 0.25) is 0 Å². The number of rotatable bonds is 9. The highest BCUT2D eigenvalue weighted by Crippen LogP contribution is 2.40. The van der Waals surface area contributed by atoms with Crippen LogP contribution in [0, 0.1) is 11.8 Å². The number of carbonyl (C=O) groups excluding carboxylic acids is 1. The third kappa shape index (κ3) is 7.19. The number of aliphatic hydroxyl groups is 1. The lowest BCUT2D eigenvalue weighted by Gasteiger charge is -2.15. The Balaban J connectivity index is 0.000000509. The minimum atomic E-state index is -3.13. The first-order valence-electron chi connectivity index (χ1n) is 11.6. The molecule has 2 aromatic heterocycles. The van der Waals surface area contributed by atoms with E-state index in [0.717, 1.165) is 0 Å². The summed E-state index contributed by atoms with van der Waals surface area (Å²) in [7, 11) is -3.13. The number of imidazole rings is 1. The van der Waals surface area contributed by atoms with Crippen molar-refractivity contribution < 1.29 is 23.9 Å². The fraction of sp³-hybridized carbons (Fsp3) is 0.714. The van der Waals surface area contributed by atoms with Crippen LogP contribution in [0.15, 0.2) is 11.1 Å². The highest BCUT2D eigenvalue weighted by Gasteiger charge is 2.37. The van der Waals surface area contributed by atoms with Gasteiger partial charge in [0.2, 0.25) is 11.9 Å². The summed E-state index contributed by atoms with van der Waals surface area (Å²) in [5, 5.41) is 12.1. The van der Waals surface area contributed by atoms with Crippen molar-refractivity contribution in [3.05, 3.63) is 16.7 Å². The molecule has 4 atom stereocenters. The van der Waals surface area contributed by atoms with Crippen molar-refractivity contribution in [1.82, 2.24) is 24.4 Å². The van der Waals surface area contributed by atoms with Crippen LogP contribution in [-0.2, 0) is 13.9 Å². The van der Waals surface area contributed by atoms with E-state index >= 15 is 0 Å². The van der Waals surface area contributed by atoms with Crippen LogP contribution in [0.4, 0.5) is 5.95 Å². The SMILES string of the molecule is CC(C)C(=O)Nc1nc2c(ncn2[C@@H]2C[C@H](CO)[C@@H](O[PH](=O)O)C2)c(=O)[nH]1.CCN(CC)CC. The maximum absolute atomic E-state index is 12.3. The van der Waals surface area contributed by atoms with E-state index < -0.39 is 19.9 Å². The van der Waals surface area contributed by atoms with Crippen molar-refractivity contribution in [3.63, 3.8) is 0 Å². The van der Waals surface area contributed by atoms with Gasteiger partial charge in [-0.3, -0.25) is 24.5 Å². The number of aromatic amines is 1. The van der Waals surface area contributed by atoms with E-state index in [1.165, 1.54) is 26.0 Å². The van der Waals surface area contributed by atoms with Crippen molar-refractivity contribution in [3.8, 4) is 0 Å². The first kappa shape index (κ1) is 28.1. The molecule has 0 radical (unpaired) electrons. The second-order valence-electron chi connectivity index (χ2n) is 8.49. The van der Waals surface area contributed by atoms with E-state index in [-0.39, 0.29) is 47.5 Å². The van der Waals surface area contributed by atoms with Crippen LogP contribution in [-0.4, -0.2) is 72.7 Å². The highest BCUT2D eigenvalue weighted by atomic mass is 31.1. The average Bonchev–Trinajstić information content (AvgIpc) is 3.39. The number of anilines is 1. The molecule has 1 amide bonds.